The third kappa shape index (κ3) is 3.10. The van der Waals surface area contributed by atoms with Gasteiger partial charge in [-0.2, -0.15) is 21.6 Å². The van der Waals surface area contributed by atoms with Crippen molar-refractivity contribution < 1.29 is 35.2 Å². The van der Waals surface area contributed by atoms with Crippen molar-refractivity contribution in [1.82, 2.24) is 0 Å². The second-order valence-electron chi connectivity index (χ2n) is 3.68. The van der Waals surface area contributed by atoms with E-state index in [1.807, 2.05) is 0 Å². The first-order valence-corrected chi connectivity index (χ1v) is 6.54. The van der Waals surface area contributed by atoms with Crippen molar-refractivity contribution in [3.63, 3.8) is 0 Å². The topological polar surface area (TPSA) is 61.8 Å². The fourth-order valence-corrected chi connectivity index (χ4v) is 1.84. The normalized spacial score (nSPS) is 19.2. The zero-order chi connectivity index (χ0) is 14.1. The Balaban J connectivity index is 1.97. The van der Waals surface area contributed by atoms with E-state index < -0.39 is 28.3 Å². The lowest BCUT2D eigenvalue weighted by Crippen LogP contribution is -2.36. The predicted octanol–water partition coefficient (Wildman–Crippen LogP) is 1.69. The summed E-state index contributed by atoms with van der Waals surface area (Å²) in [5, 5.41) is 0. The first-order chi connectivity index (χ1) is 8.79. The summed E-state index contributed by atoms with van der Waals surface area (Å²) in [7, 11) is -5.61. The van der Waals surface area contributed by atoms with Gasteiger partial charge >= 0.3 is 15.6 Å². The molecule has 0 aromatic heterocycles. The summed E-state index contributed by atoms with van der Waals surface area (Å²) in [4.78, 5) is 0. The molecular weight excluding hydrogens is 289 g/mol. The fourth-order valence-electron chi connectivity index (χ4n) is 1.38. The summed E-state index contributed by atoms with van der Waals surface area (Å²) in [6.45, 7) is -0.861. The van der Waals surface area contributed by atoms with Crippen LogP contribution in [0.5, 0.6) is 11.5 Å². The number of para-hydroxylation sites is 2. The maximum absolute atomic E-state index is 12.0. The number of ether oxygens (including phenoxy) is 2. The molecule has 0 unspecified atom stereocenters. The molecule has 0 spiro atoms. The highest BCUT2D eigenvalue weighted by atomic mass is 32.2. The van der Waals surface area contributed by atoms with E-state index in [-0.39, 0.29) is 6.61 Å². The number of alkyl halides is 3. The van der Waals surface area contributed by atoms with Gasteiger partial charge in [0.05, 0.1) is 0 Å². The lowest BCUT2D eigenvalue weighted by Gasteiger charge is -2.26. The molecule has 0 amide bonds. The molecule has 0 radical (unpaired) electrons. The Morgan fingerprint density at radius 3 is 2.53 bits per heavy atom. The van der Waals surface area contributed by atoms with Crippen LogP contribution in [0.1, 0.15) is 0 Å². The highest BCUT2D eigenvalue weighted by Gasteiger charge is 2.47. The van der Waals surface area contributed by atoms with Gasteiger partial charge in [-0.25, -0.2) is 0 Å². The lowest BCUT2D eigenvalue weighted by atomic mass is 10.3. The minimum atomic E-state index is -5.61. The number of halogens is 3. The number of rotatable bonds is 3. The van der Waals surface area contributed by atoms with Crippen LogP contribution in [0.3, 0.4) is 0 Å². The molecule has 0 aliphatic carbocycles. The molecule has 19 heavy (non-hydrogen) atoms. The van der Waals surface area contributed by atoms with Crippen LogP contribution >= 0.6 is 0 Å². The van der Waals surface area contributed by atoms with Gasteiger partial charge in [0.25, 0.3) is 0 Å². The molecule has 9 heteroatoms. The van der Waals surface area contributed by atoms with Crippen molar-refractivity contribution in [1.29, 1.82) is 0 Å². The van der Waals surface area contributed by atoms with Crippen LogP contribution in [0.2, 0.25) is 0 Å². The van der Waals surface area contributed by atoms with Gasteiger partial charge in [0.2, 0.25) is 0 Å². The summed E-state index contributed by atoms with van der Waals surface area (Å²) < 4.78 is 71.9. The molecule has 1 atom stereocenters. The largest absolute Gasteiger partial charge is 0.523 e. The van der Waals surface area contributed by atoms with Crippen molar-refractivity contribution >= 4 is 10.1 Å². The van der Waals surface area contributed by atoms with E-state index in [4.69, 9.17) is 9.47 Å². The van der Waals surface area contributed by atoms with Gasteiger partial charge in [-0.05, 0) is 12.1 Å². The average molecular weight is 298 g/mol. The van der Waals surface area contributed by atoms with Crippen molar-refractivity contribution in [2.75, 3.05) is 13.2 Å². The van der Waals surface area contributed by atoms with Crippen molar-refractivity contribution in [3.8, 4) is 11.5 Å². The summed E-state index contributed by atoms with van der Waals surface area (Å²) in [5.74, 6) is 0.768. The fraction of sp³-hybridized carbons (Fsp3) is 0.400. The number of fused-ring (bicyclic) bond motifs is 1. The summed E-state index contributed by atoms with van der Waals surface area (Å²) in [6.07, 6.45) is -0.924. The molecule has 1 aromatic carbocycles. The molecule has 1 aliphatic heterocycles. The molecule has 0 fully saturated rings. The highest BCUT2D eigenvalue weighted by Crippen LogP contribution is 2.31. The maximum atomic E-state index is 12.0. The minimum Gasteiger partial charge on any atom is -0.486 e. The Hall–Kier alpha value is -1.48. The van der Waals surface area contributed by atoms with E-state index in [2.05, 4.69) is 4.18 Å². The molecule has 1 aliphatic rings. The lowest BCUT2D eigenvalue weighted by molar-refractivity contribution is -0.0572. The number of hydrogen-bond acceptors (Lipinski definition) is 5. The second-order valence-corrected chi connectivity index (χ2v) is 5.29. The van der Waals surface area contributed by atoms with Crippen LogP contribution < -0.4 is 9.47 Å². The van der Waals surface area contributed by atoms with E-state index in [1.165, 1.54) is 0 Å². The molecule has 0 saturated carbocycles. The quantitative estimate of drug-likeness (QED) is 0.628. The summed E-state index contributed by atoms with van der Waals surface area (Å²) >= 11 is 0. The highest BCUT2D eigenvalue weighted by molar-refractivity contribution is 7.87. The zero-order valence-corrected chi connectivity index (χ0v) is 10.2. The van der Waals surface area contributed by atoms with Gasteiger partial charge in [0.1, 0.15) is 13.2 Å². The third-order valence-electron chi connectivity index (χ3n) is 2.26. The van der Waals surface area contributed by atoms with Gasteiger partial charge in [-0.3, -0.25) is 4.18 Å². The van der Waals surface area contributed by atoms with Crippen molar-refractivity contribution in [2.45, 2.75) is 11.6 Å². The summed E-state index contributed by atoms with van der Waals surface area (Å²) in [6, 6.07) is 6.53. The molecule has 106 valence electrons. The van der Waals surface area contributed by atoms with E-state index in [9.17, 15) is 21.6 Å². The second kappa shape index (κ2) is 4.89. The van der Waals surface area contributed by atoms with Crippen LogP contribution in [0.4, 0.5) is 13.2 Å². The average Bonchev–Trinajstić information content (AvgIpc) is 2.35. The molecule has 2 rings (SSSR count). The molecule has 0 bridgehead atoms. The summed E-state index contributed by atoms with van der Waals surface area (Å²) in [5.41, 5.74) is -5.44. The van der Waals surface area contributed by atoms with Crippen LogP contribution in [0, 0.1) is 0 Å². The minimum absolute atomic E-state index is 0.0929. The number of benzene rings is 1. The van der Waals surface area contributed by atoms with E-state index in [0.29, 0.717) is 11.5 Å². The van der Waals surface area contributed by atoms with E-state index >= 15 is 0 Å². The van der Waals surface area contributed by atoms with Gasteiger partial charge < -0.3 is 9.47 Å². The van der Waals surface area contributed by atoms with Gasteiger partial charge in [0, 0.05) is 0 Å². The monoisotopic (exact) mass is 298 g/mol. The predicted molar refractivity (Wildman–Crippen MR) is 57.3 cm³/mol. The van der Waals surface area contributed by atoms with Crippen LogP contribution in [0.15, 0.2) is 24.3 Å². The van der Waals surface area contributed by atoms with Crippen LogP contribution in [0.25, 0.3) is 0 Å². The Morgan fingerprint density at radius 1 is 1.26 bits per heavy atom. The SMILES string of the molecule is O=S(=O)(OC[C@H]1COc2ccccc2O1)C(F)(F)F. The van der Waals surface area contributed by atoms with Gasteiger partial charge in [0.15, 0.2) is 17.6 Å². The first-order valence-electron chi connectivity index (χ1n) is 5.14. The molecule has 1 heterocycles. The van der Waals surface area contributed by atoms with Crippen molar-refractivity contribution in [2.24, 2.45) is 0 Å². The van der Waals surface area contributed by atoms with E-state index in [1.54, 1.807) is 24.3 Å². The van der Waals surface area contributed by atoms with Gasteiger partial charge in [-0.15, -0.1) is 0 Å². The smallest absolute Gasteiger partial charge is 0.486 e. The van der Waals surface area contributed by atoms with Gasteiger partial charge in [-0.1, -0.05) is 12.1 Å². The Bertz CT molecular complexity index is 555. The zero-order valence-electron chi connectivity index (χ0n) is 9.38. The molecule has 0 saturated heterocycles. The Morgan fingerprint density at radius 2 is 1.89 bits per heavy atom. The Labute approximate surface area is 107 Å². The molecular formula is C10H9F3O5S. The molecule has 1 aromatic rings. The van der Waals surface area contributed by atoms with E-state index in [0.717, 1.165) is 0 Å². The number of hydrogen-bond donors (Lipinski definition) is 0. The maximum Gasteiger partial charge on any atom is 0.523 e. The van der Waals surface area contributed by atoms with Crippen LogP contribution in [-0.4, -0.2) is 33.2 Å². The Kier molecular flexibility index (Phi) is 3.59. The van der Waals surface area contributed by atoms with Crippen molar-refractivity contribution in [3.05, 3.63) is 24.3 Å². The standard InChI is InChI=1S/C10H9F3O5S/c11-10(12,13)19(14,15)17-6-7-5-16-8-3-1-2-4-9(8)18-7/h1-4,7H,5-6H2/t7-/m1/s1. The van der Waals surface area contributed by atoms with Crippen LogP contribution in [-0.2, 0) is 14.3 Å². The molecule has 5 nitrogen and oxygen atoms in total. The molecule has 0 N–H and O–H groups in total. The first kappa shape index (κ1) is 13.9. The third-order valence-corrected chi connectivity index (χ3v) is 3.27.